The quantitative estimate of drug-likeness (QED) is 0.733. The molecule has 0 saturated carbocycles. The summed E-state index contributed by atoms with van der Waals surface area (Å²) < 4.78 is 0. The molecule has 0 unspecified atom stereocenters. The topological polar surface area (TPSA) is 20.3 Å². The molecule has 0 atom stereocenters. The molecule has 0 aliphatic heterocycles. The van der Waals surface area contributed by atoms with E-state index < -0.39 is 0 Å². The van der Waals surface area contributed by atoms with Crippen molar-refractivity contribution in [3.05, 3.63) is 35.4 Å². The first kappa shape index (κ1) is 14.7. The lowest BCUT2D eigenvalue weighted by atomic mass is 9.94. The molecule has 0 fully saturated rings. The number of carbonyl (C=O) groups excluding carboxylic acids is 1. The first-order valence-corrected chi connectivity index (χ1v) is 6.45. The van der Waals surface area contributed by atoms with Gasteiger partial charge in [0, 0.05) is 16.6 Å². The van der Waals surface area contributed by atoms with Crippen molar-refractivity contribution >= 4 is 5.91 Å². The molecule has 2 nitrogen and oxygen atoms in total. The Hall–Kier alpha value is -1.31. The van der Waals surface area contributed by atoms with Gasteiger partial charge in [0.05, 0.1) is 0 Å². The summed E-state index contributed by atoms with van der Waals surface area (Å²) in [4.78, 5) is 14.7. The highest BCUT2D eigenvalue weighted by atomic mass is 16.2. The van der Waals surface area contributed by atoms with Gasteiger partial charge in [-0.1, -0.05) is 17.7 Å². The van der Waals surface area contributed by atoms with Crippen LogP contribution in [0.25, 0.3) is 0 Å². The van der Waals surface area contributed by atoms with E-state index in [0.717, 1.165) is 11.1 Å². The predicted molar refractivity (Wildman–Crippen MR) is 76.9 cm³/mol. The third kappa shape index (κ3) is 3.34. The Morgan fingerprint density at radius 3 is 1.89 bits per heavy atom. The monoisotopic (exact) mass is 247 g/mol. The maximum Gasteiger partial charge on any atom is 0.254 e. The fourth-order valence-electron chi connectivity index (χ4n) is 2.52. The zero-order valence-electron chi connectivity index (χ0n) is 12.7. The van der Waals surface area contributed by atoms with Crippen molar-refractivity contribution in [2.75, 3.05) is 0 Å². The van der Waals surface area contributed by atoms with Crippen LogP contribution in [0, 0.1) is 6.92 Å². The van der Waals surface area contributed by atoms with E-state index in [2.05, 4.69) is 41.5 Å². The van der Waals surface area contributed by atoms with Gasteiger partial charge in [-0.25, -0.2) is 0 Å². The summed E-state index contributed by atoms with van der Waals surface area (Å²) in [6.07, 6.45) is 0. The molecule has 0 saturated heterocycles. The predicted octanol–water partition coefficient (Wildman–Crippen LogP) is 4.03. The van der Waals surface area contributed by atoms with E-state index in [9.17, 15) is 4.79 Å². The Morgan fingerprint density at radius 1 is 1.00 bits per heavy atom. The van der Waals surface area contributed by atoms with Crippen LogP contribution in [0.2, 0.25) is 0 Å². The molecule has 1 amide bonds. The first-order valence-electron chi connectivity index (χ1n) is 6.45. The summed E-state index contributed by atoms with van der Waals surface area (Å²) in [5.74, 6) is 0.0960. The van der Waals surface area contributed by atoms with Crippen LogP contribution in [0.4, 0.5) is 0 Å². The van der Waals surface area contributed by atoms with Gasteiger partial charge in [0.15, 0.2) is 0 Å². The van der Waals surface area contributed by atoms with Gasteiger partial charge in [-0.05, 0) is 60.6 Å². The molecule has 1 aromatic carbocycles. The van der Waals surface area contributed by atoms with Crippen LogP contribution in [-0.2, 0) is 0 Å². The second kappa shape index (κ2) is 4.75. The minimum atomic E-state index is -0.195. The number of hydrogen-bond donors (Lipinski definition) is 0. The van der Waals surface area contributed by atoms with Crippen molar-refractivity contribution < 1.29 is 4.79 Å². The van der Waals surface area contributed by atoms with Crippen molar-refractivity contribution in [3.63, 3.8) is 0 Å². The molecule has 0 bridgehead atoms. The minimum absolute atomic E-state index is 0.0960. The lowest BCUT2D eigenvalue weighted by Gasteiger charge is -2.45. The van der Waals surface area contributed by atoms with Crippen LogP contribution in [-0.4, -0.2) is 21.9 Å². The highest BCUT2D eigenvalue weighted by molar-refractivity contribution is 5.95. The lowest BCUT2D eigenvalue weighted by molar-refractivity contribution is 0.0271. The van der Waals surface area contributed by atoms with E-state index in [0.29, 0.717) is 0 Å². The summed E-state index contributed by atoms with van der Waals surface area (Å²) in [7, 11) is 0. The van der Waals surface area contributed by atoms with Crippen molar-refractivity contribution in [2.45, 2.75) is 59.5 Å². The van der Waals surface area contributed by atoms with Crippen molar-refractivity contribution in [2.24, 2.45) is 0 Å². The van der Waals surface area contributed by atoms with Crippen LogP contribution >= 0.6 is 0 Å². The third-order valence-electron chi connectivity index (χ3n) is 2.81. The molecule has 1 rings (SSSR count). The second-order valence-electron chi connectivity index (χ2n) is 6.85. The standard InChI is InChI=1S/C16H25NO/c1-12-9-8-10-13(11-12)14(18)17(15(2,3)4)16(5,6)7/h8-11H,1-7H3. The number of aryl methyl sites for hydroxylation is 1. The molecule has 1 aromatic rings. The zero-order valence-corrected chi connectivity index (χ0v) is 12.7. The lowest BCUT2D eigenvalue weighted by Crippen LogP contribution is -2.55. The largest absolute Gasteiger partial charge is 0.329 e. The Labute approximate surface area is 111 Å². The van der Waals surface area contributed by atoms with Crippen LogP contribution in [0.5, 0.6) is 0 Å². The van der Waals surface area contributed by atoms with Crippen LogP contribution in [0.3, 0.4) is 0 Å². The molecule has 0 aliphatic carbocycles. The summed E-state index contributed by atoms with van der Waals surface area (Å²) >= 11 is 0. The third-order valence-corrected chi connectivity index (χ3v) is 2.81. The van der Waals surface area contributed by atoms with E-state index >= 15 is 0 Å². The summed E-state index contributed by atoms with van der Waals surface area (Å²) in [5.41, 5.74) is 1.49. The number of hydrogen-bond acceptors (Lipinski definition) is 1. The van der Waals surface area contributed by atoms with Gasteiger partial charge in [-0.2, -0.15) is 0 Å². The van der Waals surface area contributed by atoms with Gasteiger partial charge in [0.25, 0.3) is 5.91 Å². The molecule has 18 heavy (non-hydrogen) atoms. The molecule has 0 aliphatic rings. The number of nitrogens with zero attached hydrogens (tertiary/aromatic N) is 1. The molecule has 0 radical (unpaired) electrons. The average molecular weight is 247 g/mol. The van der Waals surface area contributed by atoms with Crippen LogP contribution in [0.15, 0.2) is 24.3 Å². The average Bonchev–Trinajstić information content (AvgIpc) is 2.12. The smallest absolute Gasteiger partial charge is 0.254 e. The molecular weight excluding hydrogens is 222 g/mol. The zero-order chi connectivity index (χ0) is 14.1. The second-order valence-corrected chi connectivity index (χ2v) is 6.85. The highest BCUT2D eigenvalue weighted by Gasteiger charge is 2.35. The summed E-state index contributed by atoms with van der Waals surface area (Å²) in [6.45, 7) is 14.5. The van der Waals surface area contributed by atoms with E-state index in [4.69, 9.17) is 0 Å². The number of benzene rings is 1. The maximum atomic E-state index is 12.7. The van der Waals surface area contributed by atoms with Gasteiger partial charge < -0.3 is 4.90 Å². The van der Waals surface area contributed by atoms with Gasteiger partial charge in [0.1, 0.15) is 0 Å². The van der Waals surface area contributed by atoms with E-state index in [1.54, 1.807) is 0 Å². The maximum absolute atomic E-state index is 12.7. The molecular formula is C16H25NO. The molecule has 0 heterocycles. The van der Waals surface area contributed by atoms with Gasteiger partial charge in [0.2, 0.25) is 0 Å². The Kier molecular flexibility index (Phi) is 3.89. The normalized spacial score (nSPS) is 12.4. The van der Waals surface area contributed by atoms with Gasteiger partial charge in [-0.15, -0.1) is 0 Å². The Morgan fingerprint density at radius 2 is 1.50 bits per heavy atom. The molecule has 100 valence electrons. The van der Waals surface area contributed by atoms with E-state index in [-0.39, 0.29) is 17.0 Å². The number of carbonyl (C=O) groups is 1. The van der Waals surface area contributed by atoms with Crippen molar-refractivity contribution in [3.8, 4) is 0 Å². The van der Waals surface area contributed by atoms with Gasteiger partial charge in [-0.3, -0.25) is 4.79 Å². The highest BCUT2D eigenvalue weighted by Crippen LogP contribution is 2.27. The van der Waals surface area contributed by atoms with Gasteiger partial charge >= 0.3 is 0 Å². The molecule has 2 heteroatoms. The SMILES string of the molecule is Cc1cccc(C(=O)N(C(C)(C)C)C(C)(C)C)c1. The van der Waals surface area contributed by atoms with Crippen molar-refractivity contribution in [1.29, 1.82) is 0 Å². The summed E-state index contributed by atoms with van der Waals surface area (Å²) in [6, 6.07) is 7.79. The molecule has 0 N–H and O–H groups in total. The summed E-state index contributed by atoms with van der Waals surface area (Å²) in [5, 5.41) is 0. The van der Waals surface area contributed by atoms with Crippen molar-refractivity contribution in [1.82, 2.24) is 4.90 Å². The molecule has 0 spiro atoms. The van der Waals surface area contributed by atoms with E-state index in [1.165, 1.54) is 0 Å². The first-order chi connectivity index (χ1) is 8.03. The Balaban J connectivity index is 3.20. The number of rotatable bonds is 1. The van der Waals surface area contributed by atoms with Crippen LogP contribution in [0.1, 0.15) is 57.5 Å². The molecule has 0 aromatic heterocycles. The number of amides is 1. The fraction of sp³-hybridized carbons (Fsp3) is 0.562. The minimum Gasteiger partial charge on any atom is -0.329 e. The van der Waals surface area contributed by atoms with E-state index in [1.807, 2.05) is 36.1 Å². The Bertz CT molecular complexity index is 421. The fourth-order valence-corrected chi connectivity index (χ4v) is 2.52. The van der Waals surface area contributed by atoms with Crippen LogP contribution < -0.4 is 0 Å².